The molecule has 0 radical (unpaired) electrons. The molecule has 0 saturated carbocycles. The number of fused-ring (bicyclic) bond motifs is 5. The Kier molecular flexibility index (Phi) is 2.85. The average molecular weight is 312 g/mol. The molecule has 7 nitrogen and oxygen atoms in total. The summed E-state index contributed by atoms with van der Waals surface area (Å²) >= 11 is 0. The first kappa shape index (κ1) is 13.7. The number of para-hydroxylation sites is 1. The Morgan fingerprint density at radius 2 is 2.17 bits per heavy atom. The van der Waals surface area contributed by atoms with Gasteiger partial charge in [-0.1, -0.05) is 18.2 Å². The Morgan fingerprint density at radius 1 is 1.39 bits per heavy atom. The number of cyclic esters (lactones) is 1. The zero-order chi connectivity index (χ0) is 16.1. The number of rotatable bonds is 1. The second-order valence-corrected chi connectivity index (χ2v) is 5.09. The maximum Gasteiger partial charge on any atom is 0.419 e. The van der Waals surface area contributed by atoms with Crippen LogP contribution in [0.2, 0.25) is 0 Å². The van der Waals surface area contributed by atoms with Gasteiger partial charge >= 0.3 is 12.1 Å². The van der Waals surface area contributed by atoms with Crippen LogP contribution < -0.4 is 0 Å². The number of ether oxygens (including phenoxy) is 2. The van der Waals surface area contributed by atoms with Gasteiger partial charge in [0.15, 0.2) is 5.69 Å². The molecular weight excluding hydrogens is 300 g/mol. The number of aromatic nitrogens is 2. The van der Waals surface area contributed by atoms with Crippen LogP contribution in [-0.2, 0) is 9.47 Å². The molecule has 1 N–H and O–H groups in total. The van der Waals surface area contributed by atoms with E-state index >= 15 is 0 Å². The first-order valence-electron chi connectivity index (χ1n) is 7.11. The molecular formula is C16H12N2O5. The van der Waals surface area contributed by atoms with Gasteiger partial charge in [0.05, 0.1) is 29.4 Å². The van der Waals surface area contributed by atoms with Crippen LogP contribution >= 0.6 is 0 Å². The molecule has 116 valence electrons. The second-order valence-electron chi connectivity index (χ2n) is 5.09. The fourth-order valence-corrected chi connectivity index (χ4v) is 2.98. The van der Waals surface area contributed by atoms with Crippen molar-refractivity contribution >= 4 is 33.9 Å². The topological polar surface area (TPSA) is 90.7 Å². The van der Waals surface area contributed by atoms with Crippen LogP contribution in [0.5, 0.6) is 0 Å². The summed E-state index contributed by atoms with van der Waals surface area (Å²) in [5.41, 5.74) is 1.42. The summed E-state index contributed by atoms with van der Waals surface area (Å²) in [6.07, 6.45) is -0.514. The van der Waals surface area contributed by atoms with Crippen LogP contribution in [0, 0.1) is 0 Å². The summed E-state index contributed by atoms with van der Waals surface area (Å²) in [6, 6.07) is 7.18. The van der Waals surface area contributed by atoms with E-state index in [0.29, 0.717) is 21.8 Å². The van der Waals surface area contributed by atoms with Crippen LogP contribution in [0.4, 0.5) is 4.79 Å². The summed E-state index contributed by atoms with van der Waals surface area (Å²) in [5, 5.41) is 11.3. The van der Waals surface area contributed by atoms with Crippen molar-refractivity contribution in [2.24, 2.45) is 0 Å². The molecule has 1 aliphatic heterocycles. The SMILES string of the molecule is CCOC(=O)n1c2ccccc2c2c3c(ncc21)C(=O)O[C@@H]3O. The highest BCUT2D eigenvalue weighted by molar-refractivity contribution is 6.16. The van der Waals surface area contributed by atoms with Crippen LogP contribution in [0.1, 0.15) is 29.3 Å². The van der Waals surface area contributed by atoms with Crippen LogP contribution in [0.15, 0.2) is 30.5 Å². The van der Waals surface area contributed by atoms with Gasteiger partial charge < -0.3 is 14.6 Å². The molecule has 0 spiro atoms. The van der Waals surface area contributed by atoms with Crippen molar-refractivity contribution in [3.05, 3.63) is 41.7 Å². The minimum absolute atomic E-state index is 0.0664. The van der Waals surface area contributed by atoms with Gasteiger partial charge in [0.25, 0.3) is 0 Å². The fourth-order valence-electron chi connectivity index (χ4n) is 2.98. The maximum absolute atomic E-state index is 12.3. The molecule has 0 amide bonds. The third-order valence-corrected chi connectivity index (χ3v) is 3.86. The molecule has 0 fully saturated rings. The highest BCUT2D eigenvalue weighted by Crippen LogP contribution is 2.39. The molecule has 0 unspecified atom stereocenters. The number of hydrogen-bond donors (Lipinski definition) is 1. The van der Waals surface area contributed by atoms with Crippen molar-refractivity contribution in [3.8, 4) is 0 Å². The van der Waals surface area contributed by atoms with E-state index in [1.807, 2.05) is 12.1 Å². The molecule has 0 aliphatic carbocycles. The van der Waals surface area contributed by atoms with E-state index in [-0.39, 0.29) is 17.9 Å². The number of esters is 1. The third-order valence-electron chi connectivity index (χ3n) is 3.86. The van der Waals surface area contributed by atoms with E-state index < -0.39 is 18.4 Å². The Balaban J connectivity index is 2.17. The van der Waals surface area contributed by atoms with E-state index in [1.165, 1.54) is 10.8 Å². The van der Waals surface area contributed by atoms with E-state index in [0.717, 1.165) is 0 Å². The number of pyridine rings is 1. The molecule has 2 aromatic heterocycles. The van der Waals surface area contributed by atoms with Gasteiger partial charge in [0.2, 0.25) is 6.29 Å². The lowest BCUT2D eigenvalue weighted by Gasteiger charge is -2.06. The molecule has 1 atom stereocenters. The van der Waals surface area contributed by atoms with E-state index in [2.05, 4.69) is 4.98 Å². The standard InChI is InChI=1S/C16H12N2O5/c1-2-22-16(21)18-9-6-4-3-5-8(9)11-10(18)7-17-13-12(11)14(19)23-15(13)20/h3-7,14,19H,2H2,1H3/t14-/m0/s1. The molecule has 23 heavy (non-hydrogen) atoms. The molecule has 4 rings (SSSR count). The van der Waals surface area contributed by atoms with Crippen LogP contribution in [0.3, 0.4) is 0 Å². The predicted octanol–water partition coefficient (Wildman–Crippen LogP) is 2.36. The van der Waals surface area contributed by atoms with Crippen molar-refractivity contribution < 1.29 is 24.2 Å². The van der Waals surface area contributed by atoms with Gasteiger partial charge in [-0.2, -0.15) is 0 Å². The number of hydrogen-bond acceptors (Lipinski definition) is 6. The minimum atomic E-state index is -1.39. The normalized spacial score (nSPS) is 16.6. The van der Waals surface area contributed by atoms with Gasteiger partial charge in [-0.05, 0) is 13.0 Å². The lowest BCUT2D eigenvalue weighted by Crippen LogP contribution is -2.13. The number of carbonyl (C=O) groups is 2. The van der Waals surface area contributed by atoms with E-state index in [1.54, 1.807) is 19.1 Å². The van der Waals surface area contributed by atoms with Crippen molar-refractivity contribution in [2.75, 3.05) is 6.61 Å². The molecule has 1 aromatic carbocycles. The molecule has 3 heterocycles. The van der Waals surface area contributed by atoms with Crippen LogP contribution in [0.25, 0.3) is 21.8 Å². The largest absolute Gasteiger partial charge is 0.449 e. The zero-order valence-electron chi connectivity index (χ0n) is 12.1. The average Bonchev–Trinajstić information content (AvgIpc) is 3.02. The third kappa shape index (κ3) is 1.77. The van der Waals surface area contributed by atoms with Gasteiger partial charge in [0.1, 0.15) is 0 Å². The zero-order valence-corrected chi connectivity index (χ0v) is 12.1. The lowest BCUT2D eigenvalue weighted by atomic mass is 10.1. The summed E-state index contributed by atoms with van der Waals surface area (Å²) in [7, 11) is 0. The van der Waals surface area contributed by atoms with Gasteiger partial charge in [-0.3, -0.25) is 0 Å². The quantitative estimate of drug-likeness (QED) is 0.694. The Morgan fingerprint density at radius 3 is 2.96 bits per heavy atom. The minimum Gasteiger partial charge on any atom is -0.449 e. The summed E-state index contributed by atoms with van der Waals surface area (Å²) in [5.74, 6) is -0.678. The van der Waals surface area contributed by atoms with E-state index in [4.69, 9.17) is 9.47 Å². The fraction of sp³-hybridized carbons (Fsp3) is 0.188. The summed E-state index contributed by atoms with van der Waals surface area (Å²) in [4.78, 5) is 28.1. The molecule has 0 saturated heterocycles. The van der Waals surface area contributed by atoms with Crippen molar-refractivity contribution in [1.29, 1.82) is 0 Å². The molecule has 3 aromatic rings. The van der Waals surface area contributed by atoms with Crippen molar-refractivity contribution in [1.82, 2.24) is 9.55 Å². The monoisotopic (exact) mass is 312 g/mol. The Hall–Kier alpha value is -2.93. The Labute approximate surface area is 130 Å². The number of benzene rings is 1. The van der Waals surface area contributed by atoms with Gasteiger partial charge in [-0.25, -0.2) is 19.1 Å². The van der Waals surface area contributed by atoms with Crippen molar-refractivity contribution in [2.45, 2.75) is 13.2 Å². The lowest BCUT2D eigenvalue weighted by molar-refractivity contribution is -0.0541. The Bertz CT molecular complexity index is 975. The number of aliphatic hydroxyl groups is 1. The first-order chi connectivity index (χ1) is 11.1. The first-order valence-corrected chi connectivity index (χ1v) is 7.11. The smallest absolute Gasteiger partial charge is 0.419 e. The number of aliphatic hydroxyl groups excluding tert-OH is 1. The predicted molar refractivity (Wildman–Crippen MR) is 80.0 cm³/mol. The number of carbonyl (C=O) groups excluding carboxylic acids is 2. The highest BCUT2D eigenvalue weighted by Gasteiger charge is 2.35. The maximum atomic E-state index is 12.3. The molecule has 7 heteroatoms. The van der Waals surface area contributed by atoms with E-state index in [9.17, 15) is 14.7 Å². The summed E-state index contributed by atoms with van der Waals surface area (Å²) < 4.78 is 11.3. The van der Waals surface area contributed by atoms with Gasteiger partial charge in [-0.15, -0.1) is 0 Å². The second kappa shape index (κ2) is 4.79. The van der Waals surface area contributed by atoms with Gasteiger partial charge in [0, 0.05) is 10.8 Å². The number of nitrogens with zero attached hydrogens (tertiary/aromatic N) is 2. The molecule has 0 bridgehead atoms. The van der Waals surface area contributed by atoms with Crippen molar-refractivity contribution in [3.63, 3.8) is 0 Å². The van der Waals surface area contributed by atoms with Crippen LogP contribution in [-0.4, -0.2) is 33.3 Å². The molecule has 1 aliphatic rings. The highest BCUT2D eigenvalue weighted by atomic mass is 16.6. The summed E-state index contributed by atoms with van der Waals surface area (Å²) in [6.45, 7) is 1.95.